The standard InChI is InChI=1S/C18H23N7/c1-3-15-10-16(25-18(23-15)20-12-21-25)19-11-14-7-6-13(2)22-17(14)24-8-4-5-9-24/h6-7,10,12,19H,3-5,8-9,11H2,1-2H3. The second-order valence-corrected chi connectivity index (χ2v) is 6.44. The molecule has 25 heavy (non-hydrogen) atoms. The van der Waals surface area contributed by atoms with E-state index < -0.39 is 0 Å². The molecule has 4 heterocycles. The summed E-state index contributed by atoms with van der Waals surface area (Å²) < 4.78 is 1.75. The van der Waals surface area contributed by atoms with E-state index in [9.17, 15) is 0 Å². The van der Waals surface area contributed by atoms with Crippen LogP contribution in [0.1, 0.15) is 36.7 Å². The fourth-order valence-corrected chi connectivity index (χ4v) is 3.27. The van der Waals surface area contributed by atoms with Crippen LogP contribution in [0.15, 0.2) is 24.5 Å². The fraction of sp³-hybridized carbons (Fsp3) is 0.444. The Morgan fingerprint density at radius 2 is 2.00 bits per heavy atom. The minimum atomic E-state index is 0.628. The van der Waals surface area contributed by atoms with E-state index in [-0.39, 0.29) is 0 Å². The SMILES string of the molecule is CCc1cc(NCc2ccc(C)nc2N2CCCC2)n2ncnc2n1. The Kier molecular flexibility index (Phi) is 4.21. The van der Waals surface area contributed by atoms with E-state index in [4.69, 9.17) is 4.98 Å². The summed E-state index contributed by atoms with van der Waals surface area (Å²) >= 11 is 0. The van der Waals surface area contributed by atoms with Gasteiger partial charge in [0, 0.05) is 42.7 Å². The molecule has 3 aromatic heterocycles. The average Bonchev–Trinajstić information content (AvgIpc) is 3.31. The van der Waals surface area contributed by atoms with Gasteiger partial charge in [-0.1, -0.05) is 13.0 Å². The van der Waals surface area contributed by atoms with Gasteiger partial charge in [0.1, 0.15) is 18.0 Å². The van der Waals surface area contributed by atoms with Gasteiger partial charge >= 0.3 is 0 Å². The van der Waals surface area contributed by atoms with E-state index in [0.717, 1.165) is 42.5 Å². The number of hydrogen-bond acceptors (Lipinski definition) is 6. The van der Waals surface area contributed by atoms with Crippen molar-refractivity contribution in [1.82, 2.24) is 24.6 Å². The van der Waals surface area contributed by atoms with Crippen LogP contribution in [0.3, 0.4) is 0 Å². The molecular formula is C18H23N7. The normalized spacial score (nSPS) is 14.4. The first-order chi connectivity index (χ1) is 12.2. The Hall–Kier alpha value is -2.70. The van der Waals surface area contributed by atoms with E-state index in [1.165, 1.54) is 24.7 Å². The first-order valence-electron chi connectivity index (χ1n) is 8.89. The second-order valence-electron chi connectivity index (χ2n) is 6.44. The van der Waals surface area contributed by atoms with Crippen molar-refractivity contribution in [2.75, 3.05) is 23.3 Å². The van der Waals surface area contributed by atoms with Crippen LogP contribution in [0.25, 0.3) is 5.78 Å². The van der Waals surface area contributed by atoms with Gasteiger partial charge in [-0.3, -0.25) is 0 Å². The Labute approximate surface area is 147 Å². The number of hydrogen-bond donors (Lipinski definition) is 1. The first kappa shape index (κ1) is 15.8. The summed E-state index contributed by atoms with van der Waals surface area (Å²) in [6.07, 6.45) is 4.89. The molecule has 0 unspecified atom stereocenters. The maximum Gasteiger partial charge on any atom is 0.254 e. The summed E-state index contributed by atoms with van der Waals surface area (Å²) in [5, 5.41) is 7.78. The van der Waals surface area contributed by atoms with Gasteiger partial charge in [0.15, 0.2) is 0 Å². The lowest BCUT2D eigenvalue weighted by Gasteiger charge is -2.21. The van der Waals surface area contributed by atoms with Crippen molar-refractivity contribution in [2.45, 2.75) is 39.7 Å². The van der Waals surface area contributed by atoms with Crippen molar-refractivity contribution >= 4 is 17.4 Å². The molecule has 1 N–H and O–H groups in total. The Morgan fingerprint density at radius 1 is 1.16 bits per heavy atom. The summed E-state index contributed by atoms with van der Waals surface area (Å²) in [5.41, 5.74) is 3.27. The first-order valence-corrected chi connectivity index (χ1v) is 8.89. The summed E-state index contributed by atoms with van der Waals surface area (Å²) in [7, 11) is 0. The third kappa shape index (κ3) is 3.14. The minimum Gasteiger partial charge on any atom is -0.366 e. The molecule has 0 aliphatic carbocycles. The van der Waals surface area contributed by atoms with Crippen LogP contribution in [-0.4, -0.2) is 37.7 Å². The quantitative estimate of drug-likeness (QED) is 0.772. The predicted octanol–water partition coefficient (Wildman–Crippen LogP) is 2.60. The Balaban J connectivity index is 1.62. The maximum atomic E-state index is 4.79. The maximum absolute atomic E-state index is 4.79. The lowest BCUT2D eigenvalue weighted by molar-refractivity contribution is 0.885. The third-order valence-electron chi connectivity index (χ3n) is 4.63. The molecule has 7 nitrogen and oxygen atoms in total. The van der Waals surface area contributed by atoms with Crippen LogP contribution < -0.4 is 10.2 Å². The summed E-state index contributed by atoms with van der Waals surface area (Å²) in [5.74, 6) is 2.64. The number of nitrogens with one attached hydrogen (secondary N) is 1. The van der Waals surface area contributed by atoms with Crippen molar-refractivity contribution in [1.29, 1.82) is 0 Å². The number of pyridine rings is 1. The van der Waals surface area contributed by atoms with E-state index in [2.05, 4.69) is 44.3 Å². The lowest BCUT2D eigenvalue weighted by atomic mass is 10.2. The molecule has 7 heteroatoms. The topological polar surface area (TPSA) is 71.2 Å². The van der Waals surface area contributed by atoms with E-state index >= 15 is 0 Å². The predicted molar refractivity (Wildman–Crippen MR) is 97.9 cm³/mol. The number of nitrogens with zero attached hydrogens (tertiary/aromatic N) is 6. The smallest absolute Gasteiger partial charge is 0.254 e. The highest BCUT2D eigenvalue weighted by Gasteiger charge is 2.17. The van der Waals surface area contributed by atoms with Gasteiger partial charge in [0.25, 0.3) is 5.78 Å². The zero-order valence-corrected chi connectivity index (χ0v) is 14.7. The van der Waals surface area contributed by atoms with Gasteiger partial charge in [0.2, 0.25) is 0 Å². The van der Waals surface area contributed by atoms with Gasteiger partial charge in [-0.05, 0) is 32.3 Å². The molecule has 1 aliphatic rings. The van der Waals surface area contributed by atoms with Crippen molar-refractivity contribution in [3.63, 3.8) is 0 Å². The molecule has 4 rings (SSSR count). The summed E-state index contributed by atoms with van der Waals surface area (Å²) in [6.45, 7) is 7.01. The highest BCUT2D eigenvalue weighted by molar-refractivity contribution is 5.51. The lowest BCUT2D eigenvalue weighted by Crippen LogP contribution is -2.22. The second kappa shape index (κ2) is 6.66. The Bertz CT molecular complexity index is 880. The van der Waals surface area contributed by atoms with Crippen molar-refractivity contribution < 1.29 is 0 Å². The molecule has 0 spiro atoms. The van der Waals surface area contributed by atoms with Crippen LogP contribution in [0, 0.1) is 6.92 Å². The Morgan fingerprint density at radius 3 is 2.80 bits per heavy atom. The highest BCUT2D eigenvalue weighted by atomic mass is 15.4. The number of fused-ring (bicyclic) bond motifs is 1. The van der Waals surface area contributed by atoms with E-state index in [0.29, 0.717) is 12.3 Å². The molecule has 1 fully saturated rings. The summed E-state index contributed by atoms with van der Waals surface area (Å²) in [6, 6.07) is 6.29. The molecule has 1 saturated heterocycles. The number of anilines is 2. The van der Waals surface area contributed by atoms with Gasteiger partial charge in [-0.15, -0.1) is 0 Å². The molecule has 0 saturated carbocycles. The largest absolute Gasteiger partial charge is 0.366 e. The van der Waals surface area contributed by atoms with Crippen molar-refractivity contribution in [3.05, 3.63) is 41.5 Å². The summed E-state index contributed by atoms with van der Waals surface area (Å²) in [4.78, 5) is 15.9. The van der Waals surface area contributed by atoms with Crippen LogP contribution >= 0.6 is 0 Å². The number of aryl methyl sites for hydroxylation is 2. The van der Waals surface area contributed by atoms with Crippen LogP contribution in [0.5, 0.6) is 0 Å². The van der Waals surface area contributed by atoms with Crippen molar-refractivity contribution in [2.24, 2.45) is 0 Å². The number of aromatic nitrogens is 5. The van der Waals surface area contributed by atoms with Crippen LogP contribution in [0.2, 0.25) is 0 Å². The van der Waals surface area contributed by atoms with Crippen molar-refractivity contribution in [3.8, 4) is 0 Å². The molecule has 1 aliphatic heterocycles. The molecule has 0 radical (unpaired) electrons. The van der Waals surface area contributed by atoms with Gasteiger partial charge in [-0.2, -0.15) is 14.6 Å². The molecule has 0 aromatic carbocycles. The zero-order chi connectivity index (χ0) is 17.2. The monoisotopic (exact) mass is 337 g/mol. The van der Waals surface area contributed by atoms with Crippen LogP contribution in [-0.2, 0) is 13.0 Å². The minimum absolute atomic E-state index is 0.628. The molecular weight excluding hydrogens is 314 g/mol. The molecule has 3 aromatic rings. The number of rotatable bonds is 5. The third-order valence-corrected chi connectivity index (χ3v) is 4.63. The van der Waals surface area contributed by atoms with E-state index in [1.54, 1.807) is 4.52 Å². The van der Waals surface area contributed by atoms with Crippen LogP contribution in [0.4, 0.5) is 11.6 Å². The van der Waals surface area contributed by atoms with E-state index in [1.807, 2.05) is 13.0 Å². The molecule has 0 atom stereocenters. The molecule has 0 bridgehead atoms. The zero-order valence-electron chi connectivity index (χ0n) is 14.7. The van der Waals surface area contributed by atoms with Gasteiger partial charge in [0.05, 0.1) is 0 Å². The fourth-order valence-electron chi connectivity index (χ4n) is 3.27. The van der Waals surface area contributed by atoms with Gasteiger partial charge in [-0.25, -0.2) is 9.97 Å². The average molecular weight is 337 g/mol. The molecule has 0 amide bonds. The highest BCUT2D eigenvalue weighted by Crippen LogP contribution is 2.24. The molecule has 130 valence electrons. The van der Waals surface area contributed by atoms with Gasteiger partial charge < -0.3 is 10.2 Å².